The van der Waals surface area contributed by atoms with E-state index in [9.17, 15) is 0 Å². The third kappa shape index (κ3) is 3.13. The summed E-state index contributed by atoms with van der Waals surface area (Å²) in [5.74, 6) is 1.00. The Labute approximate surface area is 143 Å². The van der Waals surface area contributed by atoms with Gasteiger partial charge in [-0.2, -0.15) is 0 Å². The fraction of sp³-hybridized carbons (Fsp3) is 0.167. The Kier molecular flexibility index (Phi) is 4.69. The summed E-state index contributed by atoms with van der Waals surface area (Å²) in [6, 6.07) is 16.9. The van der Waals surface area contributed by atoms with Crippen molar-refractivity contribution in [2.45, 2.75) is 19.0 Å². The topological polar surface area (TPSA) is 17.8 Å². The molecule has 0 radical (unpaired) electrons. The van der Waals surface area contributed by atoms with Crippen molar-refractivity contribution in [2.24, 2.45) is 0 Å². The first-order valence-corrected chi connectivity index (χ1v) is 9.00. The molecular formula is C18H17BrN2S. The van der Waals surface area contributed by atoms with Crippen LogP contribution in [-0.2, 0) is 0 Å². The predicted molar refractivity (Wildman–Crippen MR) is 97.8 cm³/mol. The molecule has 0 spiro atoms. The second-order valence-corrected chi connectivity index (χ2v) is 7.18. The van der Waals surface area contributed by atoms with Gasteiger partial charge in [0, 0.05) is 15.7 Å². The lowest BCUT2D eigenvalue weighted by atomic mass is 10.1. The minimum absolute atomic E-state index is 1.00. The molecule has 0 saturated heterocycles. The maximum absolute atomic E-state index is 4.62. The minimum Gasteiger partial charge on any atom is -0.287 e. The zero-order chi connectivity index (χ0) is 15.5. The highest BCUT2D eigenvalue weighted by Gasteiger charge is 2.13. The first-order valence-electron chi connectivity index (χ1n) is 7.22. The van der Waals surface area contributed by atoms with Gasteiger partial charge in [0.05, 0.1) is 11.9 Å². The highest BCUT2D eigenvalue weighted by Crippen LogP contribution is 2.30. The molecule has 0 unspecified atom stereocenters. The normalized spacial score (nSPS) is 10.9. The second-order valence-electron chi connectivity index (χ2n) is 5.04. The van der Waals surface area contributed by atoms with Gasteiger partial charge in [-0.15, -0.1) is 0 Å². The third-order valence-electron chi connectivity index (χ3n) is 3.44. The van der Waals surface area contributed by atoms with Crippen molar-refractivity contribution in [1.29, 1.82) is 0 Å². The molecule has 1 heterocycles. The fourth-order valence-corrected chi connectivity index (χ4v) is 3.32. The molecule has 0 bridgehead atoms. The lowest BCUT2D eigenvalue weighted by Crippen LogP contribution is -1.99. The molecular weight excluding hydrogens is 356 g/mol. The number of thioether (sulfide) groups is 1. The molecule has 0 N–H and O–H groups in total. The average Bonchev–Trinajstić information content (AvgIpc) is 2.93. The van der Waals surface area contributed by atoms with E-state index >= 15 is 0 Å². The Morgan fingerprint density at radius 3 is 2.36 bits per heavy atom. The van der Waals surface area contributed by atoms with Crippen LogP contribution in [0.4, 0.5) is 0 Å². The molecule has 0 aliphatic heterocycles. The highest BCUT2D eigenvalue weighted by molar-refractivity contribution is 9.10. The van der Waals surface area contributed by atoms with E-state index in [1.54, 1.807) is 11.8 Å². The molecule has 0 aliphatic carbocycles. The van der Waals surface area contributed by atoms with Crippen LogP contribution in [0.2, 0.25) is 0 Å². The van der Waals surface area contributed by atoms with E-state index in [0.717, 1.165) is 26.8 Å². The number of aryl methyl sites for hydroxylation is 1. The van der Waals surface area contributed by atoms with Crippen LogP contribution < -0.4 is 0 Å². The summed E-state index contributed by atoms with van der Waals surface area (Å²) in [5, 5.41) is 1.03. The van der Waals surface area contributed by atoms with E-state index in [-0.39, 0.29) is 0 Å². The van der Waals surface area contributed by atoms with Crippen molar-refractivity contribution in [3.8, 4) is 16.9 Å². The van der Waals surface area contributed by atoms with Crippen LogP contribution in [0.25, 0.3) is 16.9 Å². The number of rotatable bonds is 4. The zero-order valence-corrected chi connectivity index (χ0v) is 15.0. The van der Waals surface area contributed by atoms with Gasteiger partial charge in [0.25, 0.3) is 0 Å². The van der Waals surface area contributed by atoms with Crippen LogP contribution in [0.15, 0.2) is 64.4 Å². The monoisotopic (exact) mass is 372 g/mol. The number of halogens is 1. The Balaban J connectivity index is 2.14. The first kappa shape index (κ1) is 15.4. The molecule has 3 rings (SSSR count). The maximum atomic E-state index is 4.62. The van der Waals surface area contributed by atoms with Crippen LogP contribution >= 0.6 is 27.7 Å². The van der Waals surface area contributed by atoms with Crippen molar-refractivity contribution < 1.29 is 0 Å². The molecule has 112 valence electrons. The maximum Gasteiger partial charge on any atom is 0.173 e. The molecule has 0 aliphatic rings. The van der Waals surface area contributed by atoms with Crippen molar-refractivity contribution >= 4 is 27.7 Å². The molecule has 0 amide bonds. The summed E-state index contributed by atoms with van der Waals surface area (Å²) in [6.07, 6.45) is 1.96. The van der Waals surface area contributed by atoms with E-state index in [1.807, 2.05) is 6.20 Å². The fourth-order valence-electron chi connectivity index (χ4n) is 2.33. The van der Waals surface area contributed by atoms with Gasteiger partial charge in [0.15, 0.2) is 5.16 Å². The van der Waals surface area contributed by atoms with Gasteiger partial charge < -0.3 is 0 Å². The number of aromatic nitrogens is 2. The SMILES string of the molecule is CCSc1ncc(-c2ccc(Br)cc2)n1-c1ccc(C)cc1. The standard InChI is InChI=1S/C18H17BrN2S/c1-3-22-18-20-12-17(14-6-8-15(19)9-7-14)21(18)16-10-4-13(2)5-11-16/h4-12H,3H2,1-2H3. The summed E-state index contributed by atoms with van der Waals surface area (Å²) in [5.41, 5.74) is 4.70. The van der Waals surface area contributed by atoms with Crippen LogP contribution in [0.1, 0.15) is 12.5 Å². The largest absolute Gasteiger partial charge is 0.287 e. The number of hydrogen-bond acceptors (Lipinski definition) is 2. The van der Waals surface area contributed by atoms with Gasteiger partial charge in [-0.3, -0.25) is 4.57 Å². The van der Waals surface area contributed by atoms with Gasteiger partial charge in [-0.05, 0) is 36.9 Å². The molecule has 0 saturated carbocycles. The van der Waals surface area contributed by atoms with Gasteiger partial charge in [-0.25, -0.2) is 4.98 Å². The van der Waals surface area contributed by atoms with Gasteiger partial charge in [-0.1, -0.05) is 64.4 Å². The molecule has 2 aromatic carbocycles. The summed E-state index contributed by atoms with van der Waals surface area (Å²) < 4.78 is 3.32. The Morgan fingerprint density at radius 2 is 1.73 bits per heavy atom. The van der Waals surface area contributed by atoms with E-state index in [0.29, 0.717) is 0 Å². The van der Waals surface area contributed by atoms with E-state index < -0.39 is 0 Å². The molecule has 1 aromatic heterocycles. The first-order chi connectivity index (χ1) is 10.7. The van der Waals surface area contributed by atoms with Crippen LogP contribution in [0, 0.1) is 6.92 Å². The Hall–Kier alpha value is -1.52. The second kappa shape index (κ2) is 6.71. The molecule has 0 fully saturated rings. The third-order valence-corrected chi connectivity index (χ3v) is 4.80. The van der Waals surface area contributed by atoms with Crippen molar-refractivity contribution in [3.63, 3.8) is 0 Å². The number of imidazole rings is 1. The minimum atomic E-state index is 1.00. The number of benzene rings is 2. The summed E-state index contributed by atoms with van der Waals surface area (Å²) in [7, 11) is 0. The molecule has 3 aromatic rings. The summed E-state index contributed by atoms with van der Waals surface area (Å²) in [6.45, 7) is 4.26. The van der Waals surface area contributed by atoms with Gasteiger partial charge in [0.2, 0.25) is 0 Å². The number of nitrogens with zero attached hydrogens (tertiary/aromatic N) is 2. The Morgan fingerprint density at radius 1 is 1.05 bits per heavy atom. The Bertz CT molecular complexity index is 761. The van der Waals surface area contributed by atoms with Crippen molar-refractivity contribution in [2.75, 3.05) is 5.75 Å². The number of hydrogen-bond donors (Lipinski definition) is 0. The lowest BCUT2D eigenvalue weighted by molar-refractivity contribution is 0.900. The smallest absolute Gasteiger partial charge is 0.173 e. The average molecular weight is 373 g/mol. The molecule has 0 atom stereocenters. The zero-order valence-electron chi connectivity index (χ0n) is 12.6. The van der Waals surface area contributed by atoms with E-state index in [2.05, 4.69) is 87.9 Å². The highest BCUT2D eigenvalue weighted by atomic mass is 79.9. The van der Waals surface area contributed by atoms with Crippen LogP contribution in [0.3, 0.4) is 0 Å². The van der Waals surface area contributed by atoms with Gasteiger partial charge in [0.1, 0.15) is 0 Å². The lowest BCUT2D eigenvalue weighted by Gasteiger charge is -2.12. The molecule has 22 heavy (non-hydrogen) atoms. The molecule has 2 nitrogen and oxygen atoms in total. The van der Waals surface area contributed by atoms with E-state index in [1.165, 1.54) is 11.1 Å². The van der Waals surface area contributed by atoms with Crippen molar-refractivity contribution in [3.05, 3.63) is 64.8 Å². The quantitative estimate of drug-likeness (QED) is 0.544. The van der Waals surface area contributed by atoms with Crippen LogP contribution in [0.5, 0.6) is 0 Å². The molecule has 4 heteroatoms. The van der Waals surface area contributed by atoms with Crippen molar-refractivity contribution in [1.82, 2.24) is 9.55 Å². The summed E-state index contributed by atoms with van der Waals surface area (Å²) in [4.78, 5) is 4.62. The van der Waals surface area contributed by atoms with Gasteiger partial charge >= 0.3 is 0 Å². The summed E-state index contributed by atoms with van der Waals surface area (Å²) >= 11 is 5.26. The predicted octanol–water partition coefficient (Wildman–Crippen LogP) is 5.72. The van der Waals surface area contributed by atoms with Crippen LogP contribution in [-0.4, -0.2) is 15.3 Å². The van der Waals surface area contributed by atoms with E-state index in [4.69, 9.17) is 0 Å².